The monoisotopic (exact) mass is 377 g/mol. The third-order valence-corrected chi connectivity index (χ3v) is 5.62. The molecular weight excluding hydrogens is 357 g/mol. The summed E-state index contributed by atoms with van der Waals surface area (Å²) in [5.74, 6) is 0.856. The van der Waals surface area contributed by atoms with Crippen molar-refractivity contribution in [2.45, 2.75) is 25.4 Å². The molecule has 0 amide bonds. The average Bonchev–Trinajstić information content (AvgIpc) is 3.14. The summed E-state index contributed by atoms with van der Waals surface area (Å²) in [7, 11) is 0. The van der Waals surface area contributed by atoms with Gasteiger partial charge in [0.2, 0.25) is 5.95 Å². The second kappa shape index (κ2) is 6.60. The molecule has 0 saturated carbocycles. The molecule has 4 heterocycles. The molecule has 5 rings (SSSR count). The highest BCUT2D eigenvalue weighted by Gasteiger charge is 2.46. The van der Waals surface area contributed by atoms with Crippen LogP contribution in [0.1, 0.15) is 23.4 Å². The molecule has 6 nitrogen and oxygen atoms in total. The minimum atomic E-state index is -0.431. The third-order valence-electron chi connectivity index (χ3n) is 5.62. The van der Waals surface area contributed by atoms with E-state index in [4.69, 9.17) is 14.7 Å². The van der Waals surface area contributed by atoms with Crippen LogP contribution in [0, 0.1) is 12.7 Å². The van der Waals surface area contributed by atoms with Crippen molar-refractivity contribution in [1.29, 1.82) is 0 Å². The maximum Gasteiger partial charge on any atom is 0.225 e. The maximum atomic E-state index is 13.2. The van der Waals surface area contributed by atoms with Crippen molar-refractivity contribution in [3.63, 3.8) is 0 Å². The second-order valence-electron chi connectivity index (χ2n) is 7.47. The SMILES string of the molecule is Cc1nc(-c2ccccc2)nc2c1COCC21CCN(c2ncc(F)cn2)C1. The van der Waals surface area contributed by atoms with Crippen molar-refractivity contribution in [1.82, 2.24) is 19.9 Å². The first kappa shape index (κ1) is 17.2. The van der Waals surface area contributed by atoms with Gasteiger partial charge in [0.05, 0.1) is 36.7 Å². The predicted octanol–water partition coefficient (Wildman–Crippen LogP) is 3.06. The Bertz CT molecular complexity index is 1010. The van der Waals surface area contributed by atoms with Crippen molar-refractivity contribution in [2.75, 3.05) is 24.6 Å². The molecule has 7 heteroatoms. The number of aromatic nitrogens is 4. The van der Waals surface area contributed by atoms with Crippen LogP contribution in [0.25, 0.3) is 11.4 Å². The van der Waals surface area contributed by atoms with Crippen LogP contribution in [0.2, 0.25) is 0 Å². The Kier molecular flexibility index (Phi) is 4.05. The standard InChI is InChI=1S/C21H20FN5O/c1-14-17-11-28-13-21(7-8-27(12-21)20-23-9-16(22)10-24-20)18(17)26-19(25-14)15-5-3-2-4-6-15/h2-6,9-10H,7-8,11-13H2,1H3. The lowest BCUT2D eigenvalue weighted by Crippen LogP contribution is -2.41. The van der Waals surface area contributed by atoms with Crippen LogP contribution in [-0.2, 0) is 16.8 Å². The van der Waals surface area contributed by atoms with Crippen molar-refractivity contribution >= 4 is 5.95 Å². The number of hydrogen-bond donors (Lipinski definition) is 0. The lowest BCUT2D eigenvalue weighted by Gasteiger charge is -2.35. The van der Waals surface area contributed by atoms with E-state index in [2.05, 4.69) is 14.9 Å². The molecular formula is C21H20FN5O. The fourth-order valence-corrected chi connectivity index (χ4v) is 4.16. The van der Waals surface area contributed by atoms with Gasteiger partial charge in [0.25, 0.3) is 0 Å². The summed E-state index contributed by atoms with van der Waals surface area (Å²) in [5.41, 5.74) is 3.87. The Morgan fingerprint density at radius 2 is 1.89 bits per heavy atom. The number of aryl methyl sites for hydroxylation is 1. The van der Waals surface area contributed by atoms with Gasteiger partial charge in [-0.2, -0.15) is 0 Å². The van der Waals surface area contributed by atoms with Gasteiger partial charge < -0.3 is 9.64 Å². The highest BCUT2D eigenvalue weighted by molar-refractivity contribution is 5.56. The number of fused-ring (bicyclic) bond motifs is 2. The van der Waals surface area contributed by atoms with E-state index in [1.54, 1.807) is 0 Å². The smallest absolute Gasteiger partial charge is 0.225 e. The van der Waals surface area contributed by atoms with E-state index in [0.29, 0.717) is 25.7 Å². The van der Waals surface area contributed by atoms with Crippen LogP contribution in [0.5, 0.6) is 0 Å². The Labute approximate surface area is 162 Å². The Morgan fingerprint density at radius 1 is 1.11 bits per heavy atom. The van der Waals surface area contributed by atoms with Gasteiger partial charge in [-0.25, -0.2) is 24.3 Å². The van der Waals surface area contributed by atoms with Gasteiger partial charge in [-0.15, -0.1) is 0 Å². The quantitative estimate of drug-likeness (QED) is 0.684. The van der Waals surface area contributed by atoms with E-state index < -0.39 is 5.82 Å². The zero-order valence-electron chi connectivity index (χ0n) is 15.6. The molecule has 1 atom stereocenters. The third kappa shape index (κ3) is 2.82. The predicted molar refractivity (Wildman–Crippen MR) is 102 cm³/mol. The van der Waals surface area contributed by atoms with Crippen LogP contribution in [-0.4, -0.2) is 39.6 Å². The summed E-state index contributed by atoms with van der Waals surface area (Å²) in [4.78, 5) is 20.1. The number of halogens is 1. The molecule has 28 heavy (non-hydrogen) atoms. The first-order valence-electron chi connectivity index (χ1n) is 9.38. The number of anilines is 1. The number of ether oxygens (including phenoxy) is 1. The Hall–Kier alpha value is -2.93. The Balaban J connectivity index is 1.55. The van der Waals surface area contributed by atoms with Crippen molar-refractivity contribution < 1.29 is 9.13 Å². The highest BCUT2D eigenvalue weighted by atomic mass is 19.1. The van der Waals surface area contributed by atoms with Gasteiger partial charge in [0.1, 0.15) is 0 Å². The van der Waals surface area contributed by atoms with E-state index in [1.807, 2.05) is 37.3 Å². The molecule has 0 radical (unpaired) electrons. The largest absolute Gasteiger partial charge is 0.376 e. The van der Waals surface area contributed by atoms with Crippen molar-refractivity contribution in [3.05, 3.63) is 65.5 Å². The molecule has 1 aromatic carbocycles. The molecule has 1 unspecified atom stereocenters. The molecule has 2 aliphatic rings. The minimum absolute atomic E-state index is 0.234. The molecule has 3 aromatic rings. The molecule has 1 spiro atoms. The van der Waals surface area contributed by atoms with Gasteiger partial charge in [-0.05, 0) is 13.3 Å². The number of nitrogens with zero attached hydrogens (tertiary/aromatic N) is 5. The van der Waals surface area contributed by atoms with Crippen LogP contribution < -0.4 is 4.90 Å². The van der Waals surface area contributed by atoms with Gasteiger partial charge >= 0.3 is 0 Å². The molecule has 1 fully saturated rings. The molecule has 0 N–H and O–H groups in total. The number of rotatable bonds is 2. The van der Waals surface area contributed by atoms with Gasteiger partial charge in [-0.1, -0.05) is 30.3 Å². The molecule has 142 valence electrons. The number of hydrogen-bond acceptors (Lipinski definition) is 6. The normalized spacial score (nSPS) is 21.1. The summed E-state index contributed by atoms with van der Waals surface area (Å²) in [6, 6.07) is 10.0. The Morgan fingerprint density at radius 3 is 2.68 bits per heavy atom. The highest BCUT2D eigenvalue weighted by Crippen LogP contribution is 2.41. The van der Waals surface area contributed by atoms with Crippen molar-refractivity contribution in [2.24, 2.45) is 0 Å². The van der Waals surface area contributed by atoms with Gasteiger partial charge in [-0.3, -0.25) is 0 Å². The van der Waals surface area contributed by atoms with Crippen LogP contribution in [0.15, 0.2) is 42.7 Å². The van der Waals surface area contributed by atoms with E-state index in [0.717, 1.165) is 41.3 Å². The topological polar surface area (TPSA) is 64.0 Å². The summed E-state index contributed by atoms with van der Waals surface area (Å²) in [6.07, 6.45) is 3.29. The van der Waals surface area contributed by atoms with E-state index in [1.165, 1.54) is 12.4 Å². The molecule has 2 aliphatic heterocycles. The zero-order chi connectivity index (χ0) is 19.1. The van der Waals surface area contributed by atoms with Crippen LogP contribution in [0.3, 0.4) is 0 Å². The lowest BCUT2D eigenvalue weighted by molar-refractivity contribution is 0.0552. The summed E-state index contributed by atoms with van der Waals surface area (Å²) in [5, 5.41) is 0. The maximum absolute atomic E-state index is 13.2. The van der Waals surface area contributed by atoms with Crippen molar-refractivity contribution in [3.8, 4) is 11.4 Å². The van der Waals surface area contributed by atoms with E-state index in [9.17, 15) is 4.39 Å². The molecule has 0 bridgehead atoms. The molecule has 2 aromatic heterocycles. The summed E-state index contributed by atoms with van der Waals surface area (Å²) >= 11 is 0. The lowest BCUT2D eigenvalue weighted by atomic mass is 9.80. The first-order valence-corrected chi connectivity index (χ1v) is 9.38. The molecule has 0 aliphatic carbocycles. The van der Waals surface area contributed by atoms with E-state index in [-0.39, 0.29) is 5.41 Å². The minimum Gasteiger partial charge on any atom is -0.376 e. The second-order valence-corrected chi connectivity index (χ2v) is 7.47. The number of benzene rings is 1. The fourth-order valence-electron chi connectivity index (χ4n) is 4.16. The summed E-state index contributed by atoms with van der Waals surface area (Å²) < 4.78 is 19.1. The van der Waals surface area contributed by atoms with E-state index >= 15 is 0 Å². The zero-order valence-corrected chi connectivity index (χ0v) is 15.6. The van der Waals surface area contributed by atoms with Gasteiger partial charge in [0, 0.05) is 29.9 Å². The van der Waals surface area contributed by atoms with Gasteiger partial charge in [0.15, 0.2) is 11.6 Å². The summed E-state index contributed by atoms with van der Waals surface area (Å²) in [6.45, 7) is 4.62. The molecule has 1 saturated heterocycles. The first-order chi connectivity index (χ1) is 13.6. The van der Waals surface area contributed by atoms with Crippen LogP contribution >= 0.6 is 0 Å². The fraction of sp³-hybridized carbons (Fsp3) is 0.333. The van der Waals surface area contributed by atoms with Crippen LogP contribution in [0.4, 0.5) is 10.3 Å². The average molecular weight is 377 g/mol.